The molecule has 0 spiro atoms. The van der Waals surface area contributed by atoms with Gasteiger partial charge >= 0.3 is 6.03 Å². The second kappa shape index (κ2) is 5.74. The highest BCUT2D eigenvalue weighted by Gasteiger charge is 2.20. The quantitative estimate of drug-likeness (QED) is 0.834. The molecule has 18 heavy (non-hydrogen) atoms. The summed E-state index contributed by atoms with van der Waals surface area (Å²) in [4.78, 5) is 14.0. The van der Waals surface area contributed by atoms with Crippen molar-refractivity contribution in [3.63, 3.8) is 0 Å². The SMILES string of the molecule is Cc1cc(Br)ccc1NC(=O)N1CCC(C)CC1. The van der Waals surface area contributed by atoms with Gasteiger partial charge in [0, 0.05) is 23.2 Å². The van der Waals surface area contributed by atoms with Crippen LogP contribution in [0.4, 0.5) is 10.5 Å². The Bertz CT molecular complexity index is 439. The topological polar surface area (TPSA) is 32.3 Å². The molecule has 2 amide bonds. The van der Waals surface area contributed by atoms with Crippen LogP contribution in [-0.2, 0) is 0 Å². The van der Waals surface area contributed by atoms with Crippen molar-refractivity contribution >= 4 is 27.6 Å². The number of nitrogens with one attached hydrogen (secondary N) is 1. The van der Waals surface area contributed by atoms with E-state index in [-0.39, 0.29) is 6.03 Å². The number of anilines is 1. The number of hydrogen-bond acceptors (Lipinski definition) is 1. The van der Waals surface area contributed by atoms with E-state index in [4.69, 9.17) is 0 Å². The van der Waals surface area contributed by atoms with E-state index in [0.717, 1.165) is 47.6 Å². The van der Waals surface area contributed by atoms with Crippen LogP contribution in [-0.4, -0.2) is 24.0 Å². The number of aryl methyl sites for hydroxylation is 1. The molecule has 3 nitrogen and oxygen atoms in total. The molecular formula is C14H19BrN2O. The van der Waals surface area contributed by atoms with Crippen molar-refractivity contribution in [3.8, 4) is 0 Å². The number of urea groups is 1. The maximum Gasteiger partial charge on any atom is 0.321 e. The van der Waals surface area contributed by atoms with E-state index < -0.39 is 0 Å². The Morgan fingerprint density at radius 3 is 2.67 bits per heavy atom. The lowest BCUT2D eigenvalue weighted by atomic mass is 10.00. The minimum Gasteiger partial charge on any atom is -0.325 e. The van der Waals surface area contributed by atoms with Crippen LogP contribution in [0.1, 0.15) is 25.3 Å². The molecule has 1 saturated heterocycles. The van der Waals surface area contributed by atoms with E-state index in [1.54, 1.807) is 0 Å². The van der Waals surface area contributed by atoms with Gasteiger partial charge in [-0.2, -0.15) is 0 Å². The van der Waals surface area contributed by atoms with Crippen LogP contribution in [0.3, 0.4) is 0 Å². The molecule has 4 heteroatoms. The summed E-state index contributed by atoms with van der Waals surface area (Å²) in [5.41, 5.74) is 1.96. The molecule has 0 unspecified atom stereocenters. The Morgan fingerprint density at radius 2 is 2.06 bits per heavy atom. The summed E-state index contributed by atoms with van der Waals surface area (Å²) in [5, 5.41) is 2.99. The summed E-state index contributed by atoms with van der Waals surface area (Å²) in [6, 6.07) is 5.91. The van der Waals surface area contributed by atoms with Gasteiger partial charge in [0.1, 0.15) is 0 Å². The van der Waals surface area contributed by atoms with Crippen LogP contribution in [0, 0.1) is 12.8 Å². The van der Waals surface area contributed by atoms with E-state index in [1.807, 2.05) is 30.0 Å². The molecule has 0 aliphatic carbocycles. The number of nitrogens with zero attached hydrogens (tertiary/aromatic N) is 1. The highest BCUT2D eigenvalue weighted by molar-refractivity contribution is 9.10. The van der Waals surface area contributed by atoms with Crippen molar-refractivity contribution in [2.24, 2.45) is 5.92 Å². The van der Waals surface area contributed by atoms with Crippen LogP contribution in [0.5, 0.6) is 0 Å². The zero-order chi connectivity index (χ0) is 13.1. The molecule has 1 aromatic carbocycles. The first-order valence-electron chi connectivity index (χ1n) is 6.38. The first kappa shape index (κ1) is 13.4. The number of benzene rings is 1. The molecule has 98 valence electrons. The zero-order valence-electron chi connectivity index (χ0n) is 10.9. The second-order valence-corrected chi connectivity index (χ2v) is 5.97. The molecule has 0 atom stereocenters. The summed E-state index contributed by atoms with van der Waals surface area (Å²) in [5.74, 6) is 0.739. The average Bonchev–Trinajstić information content (AvgIpc) is 2.33. The summed E-state index contributed by atoms with van der Waals surface area (Å²) in [6.07, 6.45) is 2.21. The highest BCUT2D eigenvalue weighted by atomic mass is 79.9. The van der Waals surface area contributed by atoms with Crippen molar-refractivity contribution < 1.29 is 4.79 Å². The molecule has 0 saturated carbocycles. The third-order valence-electron chi connectivity index (χ3n) is 3.50. The number of amides is 2. The summed E-state index contributed by atoms with van der Waals surface area (Å²) in [7, 11) is 0. The van der Waals surface area contributed by atoms with Gasteiger partial charge in [0.15, 0.2) is 0 Å². The third-order valence-corrected chi connectivity index (χ3v) is 3.99. The van der Waals surface area contributed by atoms with E-state index >= 15 is 0 Å². The van der Waals surface area contributed by atoms with E-state index in [2.05, 4.69) is 28.2 Å². The monoisotopic (exact) mass is 310 g/mol. The first-order valence-corrected chi connectivity index (χ1v) is 7.17. The molecule has 1 N–H and O–H groups in total. The smallest absolute Gasteiger partial charge is 0.321 e. The molecule has 0 bridgehead atoms. The van der Waals surface area contributed by atoms with Crippen molar-refractivity contribution in [2.75, 3.05) is 18.4 Å². The Kier molecular flexibility index (Phi) is 4.27. The van der Waals surface area contributed by atoms with Gasteiger partial charge in [-0.3, -0.25) is 0 Å². The average molecular weight is 311 g/mol. The largest absolute Gasteiger partial charge is 0.325 e. The molecule has 1 heterocycles. The number of halogens is 1. The predicted octanol–water partition coefficient (Wildman–Crippen LogP) is 4.02. The first-order chi connectivity index (χ1) is 8.56. The summed E-state index contributed by atoms with van der Waals surface area (Å²) in [6.45, 7) is 5.97. The van der Waals surface area contributed by atoms with Gasteiger partial charge in [-0.1, -0.05) is 22.9 Å². The van der Waals surface area contributed by atoms with Gasteiger partial charge in [0.25, 0.3) is 0 Å². The molecule has 1 aliphatic heterocycles. The Labute approximate surface area is 117 Å². The van der Waals surface area contributed by atoms with Crippen LogP contribution >= 0.6 is 15.9 Å². The van der Waals surface area contributed by atoms with Gasteiger partial charge < -0.3 is 10.2 Å². The highest BCUT2D eigenvalue weighted by Crippen LogP contribution is 2.21. The number of carbonyl (C=O) groups excluding carboxylic acids is 1. The second-order valence-electron chi connectivity index (χ2n) is 5.06. The number of rotatable bonds is 1. The molecule has 1 fully saturated rings. The summed E-state index contributed by atoms with van der Waals surface area (Å²) >= 11 is 3.42. The van der Waals surface area contributed by atoms with Crippen LogP contribution < -0.4 is 5.32 Å². The van der Waals surface area contributed by atoms with E-state index in [1.165, 1.54) is 0 Å². The zero-order valence-corrected chi connectivity index (χ0v) is 12.5. The van der Waals surface area contributed by atoms with Gasteiger partial charge in [0.2, 0.25) is 0 Å². The predicted molar refractivity (Wildman–Crippen MR) is 77.9 cm³/mol. The maximum atomic E-state index is 12.1. The van der Waals surface area contributed by atoms with Gasteiger partial charge in [-0.05, 0) is 49.4 Å². The molecular weight excluding hydrogens is 292 g/mol. The van der Waals surface area contributed by atoms with Crippen LogP contribution in [0.2, 0.25) is 0 Å². The Hall–Kier alpha value is -1.03. The van der Waals surface area contributed by atoms with Crippen molar-refractivity contribution in [2.45, 2.75) is 26.7 Å². The maximum absolute atomic E-state index is 12.1. The number of likely N-dealkylation sites (tertiary alicyclic amines) is 1. The van der Waals surface area contributed by atoms with Crippen LogP contribution in [0.15, 0.2) is 22.7 Å². The van der Waals surface area contributed by atoms with Crippen LogP contribution in [0.25, 0.3) is 0 Å². The fourth-order valence-electron chi connectivity index (χ4n) is 2.17. The number of piperidine rings is 1. The van der Waals surface area contributed by atoms with Gasteiger partial charge in [-0.25, -0.2) is 4.79 Å². The van der Waals surface area contributed by atoms with E-state index in [0.29, 0.717) is 0 Å². The van der Waals surface area contributed by atoms with Gasteiger partial charge in [0.05, 0.1) is 0 Å². The third kappa shape index (κ3) is 3.25. The standard InChI is InChI=1S/C14H19BrN2O/c1-10-5-7-17(8-6-10)14(18)16-13-4-3-12(15)9-11(13)2/h3-4,9-10H,5-8H2,1-2H3,(H,16,18). The summed E-state index contributed by atoms with van der Waals surface area (Å²) < 4.78 is 1.03. The fraction of sp³-hybridized carbons (Fsp3) is 0.500. The normalized spacial score (nSPS) is 16.7. The number of carbonyl (C=O) groups is 1. The van der Waals surface area contributed by atoms with Crippen molar-refractivity contribution in [1.29, 1.82) is 0 Å². The molecule has 2 rings (SSSR count). The Morgan fingerprint density at radius 1 is 1.39 bits per heavy atom. The fourth-order valence-corrected chi connectivity index (χ4v) is 2.65. The molecule has 1 aliphatic rings. The molecule has 0 radical (unpaired) electrons. The lowest BCUT2D eigenvalue weighted by Gasteiger charge is -2.30. The lowest BCUT2D eigenvalue weighted by molar-refractivity contribution is 0.186. The van der Waals surface area contributed by atoms with Gasteiger partial charge in [-0.15, -0.1) is 0 Å². The van der Waals surface area contributed by atoms with E-state index in [9.17, 15) is 4.79 Å². The van der Waals surface area contributed by atoms with Crippen molar-refractivity contribution in [3.05, 3.63) is 28.2 Å². The van der Waals surface area contributed by atoms with Crippen molar-refractivity contribution in [1.82, 2.24) is 4.90 Å². The number of hydrogen-bond donors (Lipinski definition) is 1. The Balaban J connectivity index is 1.98. The minimum atomic E-state index is 0.0207. The minimum absolute atomic E-state index is 0.0207. The lowest BCUT2D eigenvalue weighted by Crippen LogP contribution is -2.40. The molecule has 1 aromatic rings. The molecule has 0 aromatic heterocycles.